The highest BCUT2D eigenvalue weighted by Gasteiger charge is 2.57. The highest BCUT2D eigenvalue weighted by molar-refractivity contribution is 5.89. The van der Waals surface area contributed by atoms with Crippen LogP contribution in [0.3, 0.4) is 0 Å². The Hall–Kier alpha value is -1.26. The van der Waals surface area contributed by atoms with Crippen LogP contribution in [0.25, 0.3) is 0 Å². The Labute approximate surface area is 75.7 Å². The second kappa shape index (κ2) is 2.61. The van der Waals surface area contributed by atoms with Crippen molar-refractivity contribution in [3.63, 3.8) is 0 Å². The third-order valence-electron chi connectivity index (χ3n) is 2.72. The summed E-state index contributed by atoms with van der Waals surface area (Å²) in [6, 6.07) is -0.230. The van der Waals surface area contributed by atoms with Crippen LogP contribution in [0.4, 0.5) is 4.79 Å². The molecule has 72 valence electrons. The molecule has 0 atom stereocenters. The maximum absolute atomic E-state index is 11.3. The molecule has 13 heavy (non-hydrogen) atoms. The number of urea groups is 1. The van der Waals surface area contributed by atoms with Crippen LogP contribution in [0.15, 0.2) is 0 Å². The standard InChI is InChI=1S/C8H12N2O3/c11-6(12)8(2-3-8)10-5-1-4-9-7(10)13/h1-5H2,(H,9,13)(H,11,12). The predicted molar refractivity (Wildman–Crippen MR) is 44.3 cm³/mol. The van der Waals surface area contributed by atoms with Crippen molar-refractivity contribution < 1.29 is 14.7 Å². The molecule has 1 saturated carbocycles. The number of rotatable bonds is 2. The maximum atomic E-state index is 11.3. The van der Waals surface area contributed by atoms with Crippen molar-refractivity contribution in [2.45, 2.75) is 24.8 Å². The van der Waals surface area contributed by atoms with Gasteiger partial charge in [-0.15, -0.1) is 0 Å². The zero-order chi connectivity index (χ0) is 9.47. The number of nitrogens with zero attached hydrogens (tertiary/aromatic N) is 1. The first kappa shape index (κ1) is 8.34. The molecule has 0 bridgehead atoms. The van der Waals surface area contributed by atoms with Gasteiger partial charge in [0.1, 0.15) is 5.54 Å². The number of hydrogen-bond donors (Lipinski definition) is 2. The molecule has 0 spiro atoms. The fraction of sp³-hybridized carbons (Fsp3) is 0.750. The molecule has 5 heteroatoms. The van der Waals surface area contributed by atoms with Crippen molar-refractivity contribution in [1.82, 2.24) is 10.2 Å². The van der Waals surface area contributed by atoms with Gasteiger partial charge in [0.15, 0.2) is 0 Å². The molecule has 2 amide bonds. The second-order valence-corrected chi connectivity index (χ2v) is 3.57. The Morgan fingerprint density at radius 2 is 2.23 bits per heavy atom. The van der Waals surface area contributed by atoms with Gasteiger partial charge in [-0.1, -0.05) is 0 Å². The summed E-state index contributed by atoms with van der Waals surface area (Å²) >= 11 is 0. The molecule has 0 aromatic heterocycles. The van der Waals surface area contributed by atoms with E-state index in [1.165, 1.54) is 4.90 Å². The van der Waals surface area contributed by atoms with Crippen molar-refractivity contribution in [3.05, 3.63) is 0 Å². The highest BCUT2D eigenvalue weighted by Crippen LogP contribution is 2.42. The monoisotopic (exact) mass is 184 g/mol. The quantitative estimate of drug-likeness (QED) is 0.635. The first-order chi connectivity index (χ1) is 6.17. The molecule has 0 radical (unpaired) electrons. The van der Waals surface area contributed by atoms with Crippen LogP contribution in [-0.2, 0) is 4.79 Å². The van der Waals surface area contributed by atoms with Gasteiger partial charge in [-0.25, -0.2) is 9.59 Å². The molecule has 1 saturated heterocycles. The van der Waals surface area contributed by atoms with E-state index in [2.05, 4.69) is 5.32 Å². The van der Waals surface area contributed by atoms with E-state index >= 15 is 0 Å². The molecule has 0 unspecified atom stereocenters. The molecule has 2 rings (SSSR count). The first-order valence-electron chi connectivity index (χ1n) is 4.46. The summed E-state index contributed by atoms with van der Waals surface area (Å²) in [4.78, 5) is 23.7. The van der Waals surface area contributed by atoms with E-state index in [9.17, 15) is 9.59 Å². The van der Waals surface area contributed by atoms with Crippen LogP contribution >= 0.6 is 0 Å². The molecule has 5 nitrogen and oxygen atoms in total. The molecule has 1 heterocycles. The lowest BCUT2D eigenvalue weighted by molar-refractivity contribution is -0.144. The van der Waals surface area contributed by atoms with Gasteiger partial charge in [0, 0.05) is 13.1 Å². The van der Waals surface area contributed by atoms with Gasteiger partial charge in [0.05, 0.1) is 0 Å². The summed E-state index contributed by atoms with van der Waals surface area (Å²) in [6.07, 6.45) is 2.02. The van der Waals surface area contributed by atoms with Gasteiger partial charge in [-0.2, -0.15) is 0 Å². The number of carboxylic acid groups (broad SMARTS) is 1. The van der Waals surface area contributed by atoms with Crippen molar-refractivity contribution in [2.24, 2.45) is 0 Å². The van der Waals surface area contributed by atoms with E-state index in [-0.39, 0.29) is 6.03 Å². The normalized spacial score (nSPS) is 25.2. The Kier molecular flexibility index (Phi) is 1.68. The molecular formula is C8H12N2O3. The number of carboxylic acids is 1. The minimum Gasteiger partial charge on any atom is -0.479 e. The number of carbonyl (C=O) groups excluding carboxylic acids is 1. The van der Waals surface area contributed by atoms with Crippen LogP contribution in [0.2, 0.25) is 0 Å². The minimum absolute atomic E-state index is 0.230. The Morgan fingerprint density at radius 1 is 1.54 bits per heavy atom. The molecular weight excluding hydrogens is 172 g/mol. The molecule has 2 fully saturated rings. The Balaban J connectivity index is 2.14. The van der Waals surface area contributed by atoms with Gasteiger partial charge in [0.2, 0.25) is 0 Å². The average Bonchev–Trinajstić information content (AvgIpc) is 2.85. The lowest BCUT2D eigenvalue weighted by atomic mass is 10.2. The van der Waals surface area contributed by atoms with Crippen LogP contribution in [-0.4, -0.2) is 40.6 Å². The number of carbonyl (C=O) groups is 2. The van der Waals surface area contributed by atoms with Gasteiger partial charge < -0.3 is 15.3 Å². The first-order valence-corrected chi connectivity index (χ1v) is 4.46. The number of aliphatic carboxylic acids is 1. The molecule has 0 aromatic rings. The fourth-order valence-electron chi connectivity index (χ4n) is 1.76. The number of amides is 2. The smallest absolute Gasteiger partial charge is 0.329 e. The van der Waals surface area contributed by atoms with Gasteiger partial charge in [0.25, 0.3) is 0 Å². The lowest BCUT2D eigenvalue weighted by Gasteiger charge is -2.32. The van der Waals surface area contributed by atoms with Crippen LogP contribution in [0.1, 0.15) is 19.3 Å². The van der Waals surface area contributed by atoms with Gasteiger partial charge in [-0.05, 0) is 19.3 Å². The molecule has 0 aromatic carbocycles. The summed E-state index contributed by atoms with van der Waals surface area (Å²) in [5.74, 6) is -0.871. The van der Waals surface area contributed by atoms with Crippen LogP contribution < -0.4 is 5.32 Å². The molecule has 1 aliphatic heterocycles. The van der Waals surface area contributed by atoms with Gasteiger partial charge >= 0.3 is 12.0 Å². The summed E-state index contributed by atoms with van der Waals surface area (Å²) in [5, 5.41) is 11.6. The number of nitrogens with one attached hydrogen (secondary N) is 1. The topological polar surface area (TPSA) is 69.6 Å². The molecule has 1 aliphatic carbocycles. The summed E-state index contributed by atoms with van der Waals surface area (Å²) < 4.78 is 0. The minimum atomic E-state index is -0.871. The highest BCUT2D eigenvalue weighted by atomic mass is 16.4. The van der Waals surface area contributed by atoms with Gasteiger partial charge in [-0.3, -0.25) is 0 Å². The third kappa shape index (κ3) is 1.15. The predicted octanol–water partition coefficient (Wildman–Crippen LogP) is 0.0189. The van der Waals surface area contributed by atoms with Crippen molar-refractivity contribution in [3.8, 4) is 0 Å². The second-order valence-electron chi connectivity index (χ2n) is 3.57. The van der Waals surface area contributed by atoms with Crippen molar-refractivity contribution in [1.29, 1.82) is 0 Å². The average molecular weight is 184 g/mol. The van der Waals surface area contributed by atoms with E-state index < -0.39 is 11.5 Å². The van der Waals surface area contributed by atoms with Crippen molar-refractivity contribution >= 4 is 12.0 Å². The van der Waals surface area contributed by atoms with Crippen molar-refractivity contribution in [2.75, 3.05) is 13.1 Å². The van der Waals surface area contributed by atoms with E-state index in [4.69, 9.17) is 5.11 Å². The third-order valence-corrected chi connectivity index (χ3v) is 2.72. The lowest BCUT2D eigenvalue weighted by Crippen LogP contribution is -2.55. The van der Waals surface area contributed by atoms with Crippen LogP contribution in [0, 0.1) is 0 Å². The van der Waals surface area contributed by atoms with E-state index in [1.54, 1.807) is 0 Å². The summed E-state index contributed by atoms with van der Waals surface area (Å²) in [5.41, 5.74) is -0.871. The van der Waals surface area contributed by atoms with E-state index in [0.717, 1.165) is 6.42 Å². The van der Waals surface area contributed by atoms with E-state index in [1.807, 2.05) is 0 Å². The zero-order valence-electron chi connectivity index (χ0n) is 7.25. The van der Waals surface area contributed by atoms with Crippen LogP contribution in [0.5, 0.6) is 0 Å². The zero-order valence-corrected chi connectivity index (χ0v) is 7.25. The Bertz CT molecular complexity index is 260. The molecule has 2 aliphatic rings. The summed E-state index contributed by atoms with van der Waals surface area (Å²) in [7, 11) is 0. The van der Waals surface area contributed by atoms with E-state index in [0.29, 0.717) is 25.9 Å². The summed E-state index contributed by atoms with van der Waals surface area (Å²) in [6.45, 7) is 1.23. The Morgan fingerprint density at radius 3 is 2.69 bits per heavy atom. The largest absolute Gasteiger partial charge is 0.479 e. The fourth-order valence-corrected chi connectivity index (χ4v) is 1.76. The SMILES string of the molecule is O=C1NCCCN1C1(C(=O)O)CC1. The number of hydrogen-bond acceptors (Lipinski definition) is 2. The molecule has 2 N–H and O–H groups in total. The maximum Gasteiger partial charge on any atom is 0.329 e.